The summed E-state index contributed by atoms with van der Waals surface area (Å²) in [4.78, 5) is 36.9. The number of rotatable bonds is 3. The van der Waals surface area contributed by atoms with Gasteiger partial charge in [0.1, 0.15) is 0 Å². The molecule has 2 bridgehead atoms. The van der Waals surface area contributed by atoms with Gasteiger partial charge < -0.3 is 34.8 Å². The van der Waals surface area contributed by atoms with Gasteiger partial charge in [-0.1, -0.05) is 19.9 Å². The lowest BCUT2D eigenvalue weighted by Gasteiger charge is -2.55. The number of hydrogen-bond acceptors (Lipinski definition) is 7. The molecule has 1 N–H and O–H groups in total. The van der Waals surface area contributed by atoms with Crippen molar-refractivity contribution < 1.29 is 34.8 Å². The van der Waals surface area contributed by atoms with Gasteiger partial charge in [0.2, 0.25) is 0 Å². The minimum Gasteiger partial charge on any atom is -0.550 e. The topological polar surface area (TPSA) is 141 Å². The van der Waals surface area contributed by atoms with Crippen molar-refractivity contribution in [2.75, 3.05) is 0 Å². The van der Waals surface area contributed by atoms with E-state index in [-0.39, 0.29) is 25.7 Å². The molecule has 27 heavy (non-hydrogen) atoms. The van der Waals surface area contributed by atoms with E-state index < -0.39 is 57.5 Å². The minimum absolute atomic E-state index is 0.0802. The lowest BCUT2D eigenvalue weighted by molar-refractivity contribution is -0.341. The van der Waals surface area contributed by atoms with Crippen molar-refractivity contribution in [1.29, 1.82) is 0 Å². The number of carbonyl (C=O) groups is 3. The zero-order valence-corrected chi connectivity index (χ0v) is 15.3. The van der Waals surface area contributed by atoms with Crippen molar-refractivity contribution in [2.45, 2.75) is 57.5 Å². The van der Waals surface area contributed by atoms with Crippen LogP contribution in [0.3, 0.4) is 0 Å². The molecular formula is C20H23O7-3. The first-order valence-electron chi connectivity index (χ1n) is 9.50. The number of carboxylic acids is 3. The molecule has 4 rings (SSSR count). The van der Waals surface area contributed by atoms with Gasteiger partial charge in [-0.05, 0) is 61.3 Å². The number of fused-ring (bicyclic) bond motifs is 3. The molecule has 4 aliphatic rings. The Bertz CT molecular complexity index is 774. The van der Waals surface area contributed by atoms with Crippen LogP contribution in [-0.4, -0.2) is 28.6 Å². The smallest absolute Gasteiger partial charge is 0.0860 e. The van der Waals surface area contributed by atoms with Gasteiger partial charge in [0, 0.05) is 34.7 Å². The lowest BCUT2D eigenvalue weighted by atomic mass is 9.52. The standard InChI is InChI=1S/C20H26O7/c1-10-8-18-9-19(10,27)7-4-11(18)20(16(25)26)6-3-5-17(2,15(23)24)13(20)12(18)14(21)22/h11-13,27H,1,3-9H2,2H3,(H,21,22)(H,23,24)(H,25,26)/p-3/t11-,12-,13-,17-,18+,19+,20-/m1/s1. The van der Waals surface area contributed by atoms with Crippen LogP contribution in [0.4, 0.5) is 0 Å². The normalized spacial score (nSPS) is 50.7. The van der Waals surface area contributed by atoms with E-state index in [2.05, 4.69) is 6.58 Å². The van der Waals surface area contributed by atoms with Gasteiger partial charge in [-0.15, -0.1) is 0 Å². The van der Waals surface area contributed by atoms with Gasteiger partial charge in [0.15, 0.2) is 0 Å². The summed E-state index contributed by atoms with van der Waals surface area (Å²) in [6.45, 7) is 5.31. The average Bonchev–Trinajstić information content (AvgIpc) is 2.93. The third-order valence-corrected chi connectivity index (χ3v) is 8.57. The minimum atomic E-state index is -1.61. The fourth-order valence-corrected chi connectivity index (χ4v) is 7.67. The van der Waals surface area contributed by atoms with E-state index in [9.17, 15) is 34.8 Å². The number of hydrogen-bond donors (Lipinski definition) is 1. The fraction of sp³-hybridized carbons (Fsp3) is 0.750. The molecule has 0 amide bonds. The summed E-state index contributed by atoms with van der Waals surface area (Å²) >= 11 is 0. The van der Waals surface area contributed by atoms with Crippen LogP contribution in [0, 0.1) is 34.0 Å². The molecule has 0 saturated heterocycles. The van der Waals surface area contributed by atoms with Crippen LogP contribution in [0.1, 0.15) is 51.9 Å². The Morgan fingerprint density at radius 1 is 1.11 bits per heavy atom. The summed E-state index contributed by atoms with van der Waals surface area (Å²) in [5.41, 5.74) is -5.00. The molecule has 7 nitrogen and oxygen atoms in total. The zero-order chi connectivity index (χ0) is 20.0. The Balaban J connectivity index is 2.01. The summed E-state index contributed by atoms with van der Waals surface area (Å²) in [6, 6.07) is 0. The third-order valence-electron chi connectivity index (χ3n) is 8.57. The molecule has 0 radical (unpaired) electrons. The quantitative estimate of drug-likeness (QED) is 0.570. The fourth-order valence-electron chi connectivity index (χ4n) is 7.67. The Hall–Kier alpha value is -1.89. The molecule has 148 valence electrons. The molecule has 0 aliphatic heterocycles. The molecule has 4 saturated carbocycles. The van der Waals surface area contributed by atoms with Gasteiger partial charge in [-0.2, -0.15) is 0 Å². The number of aliphatic carboxylic acids is 3. The predicted octanol–water partition coefficient (Wildman–Crippen LogP) is -1.86. The molecular weight excluding hydrogens is 352 g/mol. The molecule has 0 aromatic heterocycles. The van der Waals surface area contributed by atoms with Crippen molar-refractivity contribution >= 4 is 17.9 Å². The van der Waals surface area contributed by atoms with Gasteiger partial charge >= 0.3 is 0 Å². The van der Waals surface area contributed by atoms with E-state index >= 15 is 0 Å². The maximum absolute atomic E-state index is 12.5. The molecule has 7 atom stereocenters. The van der Waals surface area contributed by atoms with E-state index in [0.29, 0.717) is 24.8 Å². The second-order valence-corrected chi connectivity index (χ2v) is 9.47. The molecule has 0 aromatic rings. The highest BCUT2D eigenvalue weighted by molar-refractivity contribution is 5.84. The average molecular weight is 375 g/mol. The summed E-state index contributed by atoms with van der Waals surface area (Å²) in [6.07, 6.45) is 1.50. The zero-order valence-electron chi connectivity index (χ0n) is 15.3. The maximum atomic E-state index is 12.5. The van der Waals surface area contributed by atoms with Crippen LogP contribution in [0.15, 0.2) is 12.2 Å². The number of carboxylic acid groups (broad SMARTS) is 3. The van der Waals surface area contributed by atoms with Crippen LogP contribution in [0.5, 0.6) is 0 Å². The van der Waals surface area contributed by atoms with Crippen LogP contribution in [0.2, 0.25) is 0 Å². The first-order chi connectivity index (χ1) is 12.5. The first kappa shape index (κ1) is 18.5. The number of carbonyl (C=O) groups excluding carboxylic acids is 3. The van der Waals surface area contributed by atoms with E-state index in [4.69, 9.17) is 0 Å². The Labute approximate surface area is 157 Å². The maximum Gasteiger partial charge on any atom is 0.0860 e. The van der Waals surface area contributed by atoms with E-state index in [0.717, 1.165) is 0 Å². The SMILES string of the molecule is C=C1C[C@]23C[C@@]1(O)CC[C@H]2[C@]1(C(=O)[O-])CCC[C@@](C)(C(=O)[O-])[C@H]1[C@@H]3C(=O)[O-]. The second-order valence-electron chi connectivity index (χ2n) is 9.47. The molecule has 1 spiro atoms. The van der Waals surface area contributed by atoms with Crippen molar-refractivity contribution in [2.24, 2.45) is 34.0 Å². The molecule has 0 aromatic carbocycles. The van der Waals surface area contributed by atoms with Gasteiger partial charge in [-0.25, -0.2) is 0 Å². The van der Waals surface area contributed by atoms with E-state index in [1.165, 1.54) is 6.92 Å². The molecule has 4 fully saturated rings. The van der Waals surface area contributed by atoms with E-state index in [1.54, 1.807) is 0 Å². The molecule has 7 heteroatoms. The predicted molar refractivity (Wildman–Crippen MR) is 84.9 cm³/mol. The van der Waals surface area contributed by atoms with E-state index in [1.807, 2.05) is 0 Å². The van der Waals surface area contributed by atoms with Gasteiger partial charge in [0.05, 0.1) is 5.60 Å². The second kappa shape index (κ2) is 5.13. The number of aliphatic hydroxyl groups is 1. The van der Waals surface area contributed by atoms with Crippen LogP contribution in [0.25, 0.3) is 0 Å². The van der Waals surface area contributed by atoms with Gasteiger partial charge in [-0.3, -0.25) is 0 Å². The third kappa shape index (κ3) is 1.88. The summed E-state index contributed by atoms with van der Waals surface area (Å²) in [5, 5.41) is 47.8. The highest BCUT2D eigenvalue weighted by atomic mass is 16.4. The Morgan fingerprint density at radius 3 is 2.33 bits per heavy atom. The monoisotopic (exact) mass is 375 g/mol. The lowest BCUT2D eigenvalue weighted by Crippen LogP contribution is -2.61. The molecule has 4 aliphatic carbocycles. The van der Waals surface area contributed by atoms with Crippen molar-refractivity contribution in [3.05, 3.63) is 12.2 Å². The van der Waals surface area contributed by atoms with Crippen LogP contribution in [-0.2, 0) is 14.4 Å². The summed E-state index contributed by atoms with van der Waals surface area (Å²) < 4.78 is 0. The van der Waals surface area contributed by atoms with Crippen molar-refractivity contribution in [3.8, 4) is 0 Å². The van der Waals surface area contributed by atoms with Crippen molar-refractivity contribution in [1.82, 2.24) is 0 Å². The highest BCUT2D eigenvalue weighted by Crippen LogP contribution is 2.77. The Kier molecular flexibility index (Phi) is 3.51. The first-order valence-corrected chi connectivity index (χ1v) is 9.50. The van der Waals surface area contributed by atoms with Gasteiger partial charge in [0.25, 0.3) is 0 Å². The molecule has 0 unspecified atom stereocenters. The highest BCUT2D eigenvalue weighted by Gasteiger charge is 2.76. The van der Waals surface area contributed by atoms with Crippen LogP contribution < -0.4 is 15.3 Å². The Morgan fingerprint density at radius 2 is 1.78 bits per heavy atom. The molecule has 0 heterocycles. The van der Waals surface area contributed by atoms with Crippen LogP contribution >= 0.6 is 0 Å². The summed E-state index contributed by atoms with van der Waals surface area (Å²) in [7, 11) is 0. The van der Waals surface area contributed by atoms with Crippen molar-refractivity contribution in [3.63, 3.8) is 0 Å². The largest absolute Gasteiger partial charge is 0.550 e. The summed E-state index contributed by atoms with van der Waals surface area (Å²) in [5.74, 6) is -7.39.